The lowest BCUT2D eigenvalue weighted by atomic mass is 10.1. The Labute approximate surface area is 156 Å². The number of carbonyl (C=O) groups excluding carboxylic acids is 1. The Morgan fingerprint density at radius 3 is 2.68 bits per heavy atom. The zero-order valence-electron chi connectivity index (χ0n) is 15.2. The monoisotopic (exact) mass is 370 g/mol. The van der Waals surface area contributed by atoms with E-state index in [4.69, 9.17) is 0 Å². The first-order valence-electron chi connectivity index (χ1n) is 8.28. The number of fused-ring (bicyclic) bond motifs is 1. The summed E-state index contributed by atoms with van der Waals surface area (Å²) >= 11 is 3.31. The number of aromatic nitrogens is 1. The van der Waals surface area contributed by atoms with Crippen molar-refractivity contribution in [1.29, 1.82) is 0 Å². The normalized spacial score (nSPS) is 12.3. The highest BCUT2D eigenvalue weighted by atomic mass is 32.2. The van der Waals surface area contributed by atoms with Crippen LogP contribution in [-0.2, 0) is 7.05 Å². The van der Waals surface area contributed by atoms with Crippen LogP contribution >= 0.6 is 23.1 Å². The van der Waals surface area contributed by atoms with Crippen LogP contribution in [0.5, 0.6) is 0 Å². The lowest BCUT2D eigenvalue weighted by Crippen LogP contribution is -2.13. The number of benzene rings is 2. The maximum Gasteiger partial charge on any atom is 0.279 e. The van der Waals surface area contributed by atoms with E-state index in [0.29, 0.717) is 10.8 Å². The van der Waals surface area contributed by atoms with Gasteiger partial charge in [-0.3, -0.25) is 4.79 Å². The standard InChI is InChI=1S/C20H22N2OS2/c1-12(2)24-16-8-6-7-15(11-16)19(23)21-20-22(5)18-14(4)13(3)9-10-17(18)25-20/h6-12H,1-5H3. The van der Waals surface area contributed by atoms with E-state index in [9.17, 15) is 4.79 Å². The van der Waals surface area contributed by atoms with E-state index in [1.807, 2.05) is 35.9 Å². The maximum atomic E-state index is 12.7. The summed E-state index contributed by atoms with van der Waals surface area (Å²) in [6.07, 6.45) is 0. The molecule has 2 aromatic carbocycles. The van der Waals surface area contributed by atoms with Gasteiger partial charge in [-0.2, -0.15) is 4.99 Å². The Bertz CT molecular complexity index is 1010. The lowest BCUT2D eigenvalue weighted by molar-refractivity contribution is 0.0997. The molecule has 0 bridgehead atoms. The molecule has 0 aliphatic rings. The first kappa shape index (κ1) is 18.0. The SMILES string of the molecule is Cc1ccc2sc(=NC(=O)c3cccc(SC(C)C)c3)n(C)c2c1C. The molecule has 130 valence electrons. The quantitative estimate of drug-likeness (QED) is 0.601. The fourth-order valence-electron chi connectivity index (χ4n) is 2.76. The largest absolute Gasteiger partial charge is 0.319 e. The van der Waals surface area contributed by atoms with E-state index in [-0.39, 0.29) is 5.91 Å². The highest BCUT2D eigenvalue weighted by molar-refractivity contribution is 7.99. The van der Waals surface area contributed by atoms with E-state index in [2.05, 4.69) is 44.8 Å². The molecule has 3 aromatic rings. The van der Waals surface area contributed by atoms with Gasteiger partial charge in [0.25, 0.3) is 5.91 Å². The second-order valence-electron chi connectivity index (χ2n) is 6.41. The third-order valence-corrected chi connectivity index (χ3v) is 6.23. The van der Waals surface area contributed by atoms with E-state index in [1.54, 1.807) is 23.1 Å². The number of nitrogens with zero attached hydrogens (tertiary/aromatic N) is 2. The zero-order valence-corrected chi connectivity index (χ0v) is 16.8. The van der Waals surface area contributed by atoms with Crippen molar-refractivity contribution in [3.8, 4) is 0 Å². The van der Waals surface area contributed by atoms with Crippen LogP contribution in [0.25, 0.3) is 10.2 Å². The van der Waals surface area contributed by atoms with Gasteiger partial charge in [0.05, 0.1) is 10.2 Å². The first-order chi connectivity index (χ1) is 11.9. The molecule has 1 heterocycles. The van der Waals surface area contributed by atoms with Gasteiger partial charge in [-0.25, -0.2) is 0 Å². The Morgan fingerprint density at radius 1 is 1.20 bits per heavy atom. The summed E-state index contributed by atoms with van der Waals surface area (Å²) in [6, 6.07) is 11.9. The summed E-state index contributed by atoms with van der Waals surface area (Å²) in [5, 5.41) is 0.480. The molecular formula is C20H22N2OS2. The van der Waals surface area contributed by atoms with E-state index >= 15 is 0 Å². The highest BCUT2D eigenvalue weighted by Crippen LogP contribution is 2.25. The van der Waals surface area contributed by atoms with Crippen LogP contribution < -0.4 is 4.80 Å². The van der Waals surface area contributed by atoms with Crippen LogP contribution in [0.1, 0.15) is 35.3 Å². The minimum absolute atomic E-state index is 0.192. The Hall–Kier alpha value is -1.85. The van der Waals surface area contributed by atoms with E-state index in [1.165, 1.54) is 11.1 Å². The molecule has 0 radical (unpaired) electrons. The molecule has 1 aromatic heterocycles. The van der Waals surface area contributed by atoms with Gasteiger partial charge in [0.1, 0.15) is 0 Å². The van der Waals surface area contributed by atoms with Crippen LogP contribution in [0, 0.1) is 13.8 Å². The van der Waals surface area contributed by atoms with Crippen molar-refractivity contribution >= 4 is 39.2 Å². The molecule has 5 heteroatoms. The number of amides is 1. The molecule has 3 rings (SSSR count). The summed E-state index contributed by atoms with van der Waals surface area (Å²) < 4.78 is 3.17. The smallest absolute Gasteiger partial charge is 0.279 e. The van der Waals surface area contributed by atoms with Crippen molar-refractivity contribution in [2.45, 2.75) is 37.8 Å². The lowest BCUT2D eigenvalue weighted by Gasteiger charge is -2.05. The van der Waals surface area contributed by atoms with Crippen molar-refractivity contribution in [3.05, 3.63) is 57.9 Å². The number of hydrogen-bond acceptors (Lipinski definition) is 3. The first-order valence-corrected chi connectivity index (χ1v) is 9.98. The minimum Gasteiger partial charge on any atom is -0.319 e. The van der Waals surface area contributed by atoms with E-state index in [0.717, 1.165) is 19.9 Å². The van der Waals surface area contributed by atoms with Crippen molar-refractivity contribution in [2.24, 2.45) is 12.0 Å². The van der Waals surface area contributed by atoms with Crippen molar-refractivity contribution in [1.82, 2.24) is 4.57 Å². The Balaban J connectivity index is 2.04. The third kappa shape index (κ3) is 3.72. The van der Waals surface area contributed by atoms with Gasteiger partial charge < -0.3 is 4.57 Å². The molecule has 0 N–H and O–H groups in total. The molecule has 0 spiro atoms. The number of thioether (sulfide) groups is 1. The van der Waals surface area contributed by atoms with Crippen molar-refractivity contribution < 1.29 is 4.79 Å². The third-order valence-electron chi connectivity index (χ3n) is 4.14. The molecule has 0 aliphatic heterocycles. The average molecular weight is 371 g/mol. The summed E-state index contributed by atoms with van der Waals surface area (Å²) in [7, 11) is 1.97. The van der Waals surface area contributed by atoms with Crippen molar-refractivity contribution in [3.63, 3.8) is 0 Å². The molecule has 25 heavy (non-hydrogen) atoms. The molecular weight excluding hydrogens is 348 g/mol. The molecule has 0 saturated carbocycles. The van der Waals surface area contributed by atoms with Crippen LogP contribution in [-0.4, -0.2) is 15.7 Å². The highest BCUT2D eigenvalue weighted by Gasteiger charge is 2.10. The Kier molecular flexibility index (Phi) is 5.16. The van der Waals surface area contributed by atoms with Crippen LogP contribution in [0.3, 0.4) is 0 Å². The second kappa shape index (κ2) is 7.18. The molecule has 0 fully saturated rings. The fourth-order valence-corrected chi connectivity index (χ4v) is 4.73. The fraction of sp³-hybridized carbons (Fsp3) is 0.300. The second-order valence-corrected chi connectivity index (χ2v) is 9.07. The predicted molar refractivity (Wildman–Crippen MR) is 108 cm³/mol. The van der Waals surface area contributed by atoms with Crippen LogP contribution in [0.15, 0.2) is 46.3 Å². The zero-order chi connectivity index (χ0) is 18.1. The van der Waals surface area contributed by atoms with Crippen molar-refractivity contribution in [2.75, 3.05) is 0 Å². The van der Waals surface area contributed by atoms with Gasteiger partial charge in [0, 0.05) is 22.8 Å². The van der Waals surface area contributed by atoms with E-state index < -0.39 is 0 Å². The molecule has 0 aliphatic carbocycles. The Morgan fingerprint density at radius 2 is 1.96 bits per heavy atom. The molecule has 3 nitrogen and oxygen atoms in total. The summed E-state index contributed by atoms with van der Waals surface area (Å²) in [4.78, 5) is 18.9. The number of hydrogen-bond donors (Lipinski definition) is 0. The van der Waals surface area contributed by atoms with Gasteiger partial charge in [0.15, 0.2) is 4.80 Å². The van der Waals surface area contributed by atoms with Gasteiger partial charge in [-0.05, 0) is 49.2 Å². The number of aryl methyl sites for hydroxylation is 3. The summed E-state index contributed by atoms with van der Waals surface area (Å²) in [6.45, 7) is 8.50. The van der Waals surface area contributed by atoms with Crippen LogP contribution in [0.4, 0.5) is 0 Å². The molecule has 0 unspecified atom stereocenters. The summed E-state index contributed by atoms with van der Waals surface area (Å²) in [5.41, 5.74) is 4.27. The molecule has 0 saturated heterocycles. The van der Waals surface area contributed by atoms with Crippen LogP contribution in [0.2, 0.25) is 0 Å². The topological polar surface area (TPSA) is 34.4 Å². The van der Waals surface area contributed by atoms with Gasteiger partial charge >= 0.3 is 0 Å². The minimum atomic E-state index is -0.192. The summed E-state index contributed by atoms with van der Waals surface area (Å²) in [5.74, 6) is -0.192. The predicted octanol–water partition coefficient (Wildman–Crippen LogP) is 5.10. The maximum absolute atomic E-state index is 12.7. The molecule has 0 atom stereocenters. The van der Waals surface area contributed by atoms with Gasteiger partial charge in [-0.1, -0.05) is 37.3 Å². The van der Waals surface area contributed by atoms with Gasteiger partial charge in [-0.15, -0.1) is 11.8 Å². The number of rotatable bonds is 3. The number of thiazole rings is 1. The average Bonchev–Trinajstić information content (AvgIpc) is 2.87. The molecule has 1 amide bonds. The number of carbonyl (C=O) groups is 1. The van der Waals surface area contributed by atoms with Gasteiger partial charge in [0.2, 0.25) is 0 Å².